The number of rotatable bonds is 3. The molecule has 1 aliphatic rings. The van der Waals surface area contributed by atoms with Crippen LogP contribution in [0.5, 0.6) is 5.75 Å². The van der Waals surface area contributed by atoms with Gasteiger partial charge in [-0.2, -0.15) is 0 Å². The van der Waals surface area contributed by atoms with Crippen molar-refractivity contribution in [3.63, 3.8) is 0 Å². The monoisotopic (exact) mass is 243 g/mol. The van der Waals surface area contributed by atoms with Crippen LogP contribution in [0, 0.1) is 0 Å². The number of ether oxygens (including phenoxy) is 1. The van der Waals surface area contributed by atoms with Gasteiger partial charge in [-0.3, -0.25) is 0 Å². The van der Waals surface area contributed by atoms with E-state index in [4.69, 9.17) is 16.3 Å². The second-order valence-corrected chi connectivity index (χ2v) is 5.18. The van der Waals surface area contributed by atoms with E-state index in [9.17, 15) is 0 Å². The number of nitrogens with one attached hydrogen (secondary N) is 1. The number of methoxy groups -OCH3 is 1. The number of halogens is 1. The molecule has 15 heavy (non-hydrogen) atoms. The summed E-state index contributed by atoms with van der Waals surface area (Å²) in [5, 5.41) is 4.66. The summed E-state index contributed by atoms with van der Waals surface area (Å²) in [5.41, 5.74) is 0. The minimum Gasteiger partial charge on any atom is -0.495 e. The Balaban J connectivity index is 2.05. The van der Waals surface area contributed by atoms with Crippen molar-refractivity contribution in [2.24, 2.45) is 0 Å². The average Bonchev–Trinajstić information content (AvgIpc) is 2.71. The molecule has 1 aliphatic heterocycles. The first-order chi connectivity index (χ1) is 7.29. The molecule has 1 unspecified atom stereocenters. The van der Waals surface area contributed by atoms with E-state index in [2.05, 4.69) is 11.4 Å². The largest absolute Gasteiger partial charge is 0.495 e. The van der Waals surface area contributed by atoms with Crippen molar-refractivity contribution in [2.45, 2.75) is 23.1 Å². The standard InChI is InChI=1S/C11H14ClNOS/c1-14-10-5-4-8(7-9(10)12)15-11-3-2-6-13-11/h4-5,7,11,13H,2-3,6H2,1H3. The summed E-state index contributed by atoms with van der Waals surface area (Å²) < 4.78 is 5.11. The molecule has 0 aromatic heterocycles. The molecule has 1 aromatic carbocycles. The summed E-state index contributed by atoms with van der Waals surface area (Å²) in [6.07, 6.45) is 2.50. The van der Waals surface area contributed by atoms with Gasteiger partial charge in [0.25, 0.3) is 0 Å². The van der Waals surface area contributed by atoms with Gasteiger partial charge >= 0.3 is 0 Å². The molecule has 1 heterocycles. The lowest BCUT2D eigenvalue weighted by molar-refractivity contribution is 0.414. The third-order valence-electron chi connectivity index (χ3n) is 2.42. The van der Waals surface area contributed by atoms with Crippen molar-refractivity contribution < 1.29 is 4.74 Å². The summed E-state index contributed by atoms with van der Waals surface area (Å²) >= 11 is 7.89. The number of hydrogen-bond donors (Lipinski definition) is 1. The number of hydrogen-bond acceptors (Lipinski definition) is 3. The maximum Gasteiger partial charge on any atom is 0.137 e. The molecule has 1 aromatic rings. The molecule has 2 nitrogen and oxygen atoms in total. The summed E-state index contributed by atoms with van der Waals surface area (Å²) in [5.74, 6) is 0.736. The number of thioether (sulfide) groups is 1. The van der Waals surface area contributed by atoms with Gasteiger partial charge in [-0.15, -0.1) is 11.8 Å². The average molecular weight is 244 g/mol. The summed E-state index contributed by atoms with van der Waals surface area (Å²) in [7, 11) is 1.63. The molecule has 0 amide bonds. The molecule has 82 valence electrons. The first-order valence-electron chi connectivity index (χ1n) is 5.03. The lowest BCUT2D eigenvalue weighted by Gasteiger charge is -2.10. The minimum absolute atomic E-state index is 0.537. The van der Waals surface area contributed by atoms with Crippen LogP contribution in [0.4, 0.5) is 0 Å². The van der Waals surface area contributed by atoms with Crippen LogP contribution in [0.25, 0.3) is 0 Å². The summed E-state index contributed by atoms with van der Waals surface area (Å²) in [6, 6.07) is 5.93. The highest BCUT2D eigenvalue weighted by atomic mass is 35.5. The minimum atomic E-state index is 0.537. The molecule has 1 N–H and O–H groups in total. The topological polar surface area (TPSA) is 21.3 Å². The summed E-state index contributed by atoms with van der Waals surface area (Å²) in [6.45, 7) is 1.13. The van der Waals surface area contributed by atoms with Crippen LogP contribution in [0.1, 0.15) is 12.8 Å². The smallest absolute Gasteiger partial charge is 0.137 e. The molecule has 2 rings (SSSR count). The Bertz CT molecular complexity index is 339. The first kappa shape index (κ1) is 11.1. The second-order valence-electron chi connectivity index (χ2n) is 3.50. The molecule has 0 radical (unpaired) electrons. The van der Waals surface area contributed by atoms with Gasteiger partial charge in [-0.1, -0.05) is 11.6 Å². The van der Waals surface area contributed by atoms with Crippen molar-refractivity contribution in [2.75, 3.05) is 13.7 Å². The van der Waals surface area contributed by atoms with Crippen molar-refractivity contribution in [1.82, 2.24) is 5.32 Å². The third-order valence-corrected chi connectivity index (χ3v) is 3.93. The fourth-order valence-corrected chi connectivity index (χ4v) is 3.11. The zero-order chi connectivity index (χ0) is 10.7. The normalized spacial score (nSPS) is 20.5. The molecule has 0 aliphatic carbocycles. The molecule has 1 saturated heterocycles. The van der Waals surface area contributed by atoms with Crippen LogP contribution in [0.15, 0.2) is 23.1 Å². The zero-order valence-electron chi connectivity index (χ0n) is 8.63. The van der Waals surface area contributed by atoms with Gasteiger partial charge < -0.3 is 10.1 Å². The van der Waals surface area contributed by atoms with Crippen molar-refractivity contribution in [1.29, 1.82) is 0 Å². The van der Waals surface area contributed by atoms with E-state index < -0.39 is 0 Å². The Morgan fingerprint density at radius 2 is 2.40 bits per heavy atom. The van der Waals surface area contributed by atoms with Gasteiger partial charge in [0.05, 0.1) is 17.5 Å². The Kier molecular flexibility index (Phi) is 3.78. The third kappa shape index (κ3) is 2.80. The SMILES string of the molecule is COc1ccc(SC2CCCN2)cc1Cl. The van der Waals surface area contributed by atoms with Crippen LogP contribution in [0.3, 0.4) is 0 Å². The molecule has 1 atom stereocenters. The molecule has 4 heteroatoms. The van der Waals surface area contributed by atoms with Crippen LogP contribution in [-0.4, -0.2) is 19.0 Å². The van der Waals surface area contributed by atoms with Gasteiger partial charge in [0.15, 0.2) is 0 Å². The highest BCUT2D eigenvalue weighted by molar-refractivity contribution is 7.99. The zero-order valence-corrected chi connectivity index (χ0v) is 10.2. The van der Waals surface area contributed by atoms with Crippen LogP contribution in [-0.2, 0) is 0 Å². The second kappa shape index (κ2) is 5.10. The van der Waals surface area contributed by atoms with Crippen molar-refractivity contribution in [3.8, 4) is 5.75 Å². The van der Waals surface area contributed by atoms with E-state index >= 15 is 0 Å². The maximum atomic E-state index is 6.06. The quantitative estimate of drug-likeness (QED) is 0.881. The first-order valence-corrected chi connectivity index (χ1v) is 6.29. The van der Waals surface area contributed by atoms with E-state index in [0.717, 1.165) is 12.3 Å². The lowest BCUT2D eigenvalue weighted by atomic mass is 10.3. The van der Waals surface area contributed by atoms with Crippen LogP contribution in [0.2, 0.25) is 5.02 Å². The maximum absolute atomic E-state index is 6.06. The fraction of sp³-hybridized carbons (Fsp3) is 0.455. The predicted molar refractivity (Wildman–Crippen MR) is 64.9 cm³/mol. The van der Waals surface area contributed by atoms with E-state index in [0.29, 0.717) is 10.4 Å². The highest BCUT2D eigenvalue weighted by Crippen LogP contribution is 2.33. The van der Waals surface area contributed by atoms with E-state index in [1.807, 2.05) is 23.9 Å². The molecule has 0 bridgehead atoms. The fourth-order valence-electron chi connectivity index (χ4n) is 1.64. The molecular weight excluding hydrogens is 230 g/mol. The van der Waals surface area contributed by atoms with Gasteiger partial charge in [0.1, 0.15) is 5.75 Å². The van der Waals surface area contributed by atoms with Crippen molar-refractivity contribution in [3.05, 3.63) is 23.2 Å². The van der Waals surface area contributed by atoms with E-state index in [1.54, 1.807) is 7.11 Å². The van der Waals surface area contributed by atoms with Crippen molar-refractivity contribution >= 4 is 23.4 Å². The van der Waals surface area contributed by atoms with Crippen LogP contribution < -0.4 is 10.1 Å². The molecule has 0 spiro atoms. The Morgan fingerprint density at radius 3 is 3.00 bits per heavy atom. The van der Waals surface area contributed by atoms with Gasteiger partial charge in [0, 0.05) is 4.90 Å². The highest BCUT2D eigenvalue weighted by Gasteiger charge is 2.15. The van der Waals surface area contributed by atoms with Gasteiger partial charge in [0.2, 0.25) is 0 Å². The number of benzene rings is 1. The van der Waals surface area contributed by atoms with E-state index in [-0.39, 0.29) is 0 Å². The van der Waals surface area contributed by atoms with Crippen LogP contribution >= 0.6 is 23.4 Å². The van der Waals surface area contributed by atoms with Gasteiger partial charge in [-0.25, -0.2) is 0 Å². The predicted octanol–water partition coefficient (Wildman–Crippen LogP) is 3.15. The van der Waals surface area contributed by atoms with E-state index in [1.165, 1.54) is 17.7 Å². The molecule has 1 fully saturated rings. The molecule has 0 saturated carbocycles. The lowest BCUT2D eigenvalue weighted by Crippen LogP contribution is -2.16. The Hall–Kier alpha value is -0.380. The Morgan fingerprint density at radius 1 is 1.53 bits per heavy atom. The molecular formula is C11H14ClNOS. The van der Waals surface area contributed by atoms with Gasteiger partial charge in [-0.05, 0) is 37.6 Å². The Labute approximate surface area is 99.3 Å². The summed E-state index contributed by atoms with van der Waals surface area (Å²) in [4.78, 5) is 1.19.